The maximum Gasteiger partial charge on any atom is 0.418 e. The Hall–Kier alpha value is -2.02. The van der Waals surface area contributed by atoms with Gasteiger partial charge in [0.2, 0.25) is 0 Å². The van der Waals surface area contributed by atoms with Crippen LogP contribution in [0.4, 0.5) is 18.9 Å². The third kappa shape index (κ3) is 2.94. The Morgan fingerprint density at radius 3 is 2.50 bits per heavy atom. The molecule has 4 nitrogen and oxygen atoms in total. The zero-order valence-electron chi connectivity index (χ0n) is 11.9. The second-order valence-corrected chi connectivity index (χ2v) is 5.48. The zero-order chi connectivity index (χ0) is 15.7. The summed E-state index contributed by atoms with van der Waals surface area (Å²) in [6.45, 7) is 1.60. The molecule has 0 amide bonds. The van der Waals surface area contributed by atoms with Crippen molar-refractivity contribution in [2.75, 3.05) is 18.0 Å². The highest BCUT2D eigenvalue weighted by Crippen LogP contribution is 2.34. The van der Waals surface area contributed by atoms with Crippen molar-refractivity contribution in [1.82, 2.24) is 9.78 Å². The van der Waals surface area contributed by atoms with E-state index in [9.17, 15) is 13.2 Å². The van der Waals surface area contributed by atoms with Gasteiger partial charge in [0.25, 0.3) is 0 Å². The number of nitrogens with zero attached hydrogens (tertiary/aromatic N) is 3. The predicted octanol–water partition coefficient (Wildman–Crippen LogP) is 2.82. The zero-order valence-corrected chi connectivity index (χ0v) is 11.9. The molecule has 22 heavy (non-hydrogen) atoms. The highest BCUT2D eigenvalue weighted by Gasteiger charge is 2.34. The SMILES string of the molecule is NC1CCN(c2cnn(-c3ccccc3C(F)(F)F)c2)CC1. The van der Waals surface area contributed by atoms with Crippen LogP contribution in [0.2, 0.25) is 0 Å². The summed E-state index contributed by atoms with van der Waals surface area (Å²) in [5.41, 5.74) is 6.04. The lowest BCUT2D eigenvalue weighted by molar-refractivity contribution is -0.137. The van der Waals surface area contributed by atoms with E-state index in [1.807, 2.05) is 0 Å². The molecular formula is C15H17F3N4. The summed E-state index contributed by atoms with van der Waals surface area (Å²) in [6, 6.07) is 5.65. The molecule has 1 fully saturated rings. The van der Waals surface area contributed by atoms with Gasteiger partial charge < -0.3 is 10.6 Å². The number of alkyl halides is 3. The average Bonchev–Trinajstić information content (AvgIpc) is 2.97. The lowest BCUT2D eigenvalue weighted by atomic mass is 10.1. The molecule has 0 radical (unpaired) electrons. The number of piperidine rings is 1. The van der Waals surface area contributed by atoms with Crippen molar-refractivity contribution in [3.63, 3.8) is 0 Å². The van der Waals surface area contributed by atoms with E-state index in [0.29, 0.717) is 0 Å². The number of hydrogen-bond donors (Lipinski definition) is 1. The number of nitrogens with two attached hydrogens (primary N) is 1. The highest BCUT2D eigenvalue weighted by molar-refractivity contribution is 5.48. The molecule has 2 aromatic rings. The van der Waals surface area contributed by atoms with E-state index < -0.39 is 11.7 Å². The number of para-hydroxylation sites is 1. The lowest BCUT2D eigenvalue weighted by Gasteiger charge is -2.30. The van der Waals surface area contributed by atoms with Crippen LogP contribution >= 0.6 is 0 Å². The van der Waals surface area contributed by atoms with Gasteiger partial charge in [-0.3, -0.25) is 0 Å². The number of aromatic nitrogens is 2. The number of halogens is 3. The van der Waals surface area contributed by atoms with E-state index in [4.69, 9.17) is 5.73 Å². The van der Waals surface area contributed by atoms with Crippen LogP contribution in [-0.2, 0) is 6.18 Å². The van der Waals surface area contributed by atoms with Crippen molar-refractivity contribution in [3.05, 3.63) is 42.2 Å². The molecule has 0 bridgehead atoms. The fourth-order valence-corrected chi connectivity index (χ4v) is 2.68. The van der Waals surface area contributed by atoms with E-state index in [1.54, 1.807) is 18.5 Å². The number of benzene rings is 1. The molecule has 118 valence electrons. The topological polar surface area (TPSA) is 47.1 Å². The normalized spacial score (nSPS) is 17.0. The highest BCUT2D eigenvalue weighted by atomic mass is 19.4. The van der Waals surface area contributed by atoms with Crippen LogP contribution in [0.3, 0.4) is 0 Å². The van der Waals surface area contributed by atoms with Crippen molar-refractivity contribution < 1.29 is 13.2 Å². The van der Waals surface area contributed by atoms with Crippen LogP contribution in [0.15, 0.2) is 36.7 Å². The van der Waals surface area contributed by atoms with Gasteiger partial charge in [0.1, 0.15) is 0 Å². The number of rotatable bonds is 2. The summed E-state index contributed by atoms with van der Waals surface area (Å²) in [4.78, 5) is 2.10. The minimum absolute atomic E-state index is 0.0370. The van der Waals surface area contributed by atoms with Gasteiger partial charge in [-0.15, -0.1) is 0 Å². The van der Waals surface area contributed by atoms with E-state index in [-0.39, 0.29) is 11.7 Å². The van der Waals surface area contributed by atoms with Gasteiger partial charge >= 0.3 is 6.18 Å². The second-order valence-electron chi connectivity index (χ2n) is 5.48. The van der Waals surface area contributed by atoms with Gasteiger partial charge in [-0.1, -0.05) is 12.1 Å². The molecule has 0 unspecified atom stereocenters. The minimum Gasteiger partial charge on any atom is -0.369 e. The van der Waals surface area contributed by atoms with E-state index in [2.05, 4.69) is 10.00 Å². The Morgan fingerprint density at radius 1 is 1.14 bits per heavy atom. The molecule has 0 saturated carbocycles. The third-order valence-corrected chi connectivity index (χ3v) is 3.93. The Morgan fingerprint density at radius 2 is 1.82 bits per heavy atom. The summed E-state index contributed by atoms with van der Waals surface area (Å²) in [7, 11) is 0. The molecule has 0 aliphatic carbocycles. The van der Waals surface area contributed by atoms with Gasteiger partial charge in [0.15, 0.2) is 0 Å². The summed E-state index contributed by atoms with van der Waals surface area (Å²) in [5.74, 6) is 0. The monoisotopic (exact) mass is 310 g/mol. The van der Waals surface area contributed by atoms with Crippen LogP contribution < -0.4 is 10.6 Å². The first-order valence-electron chi connectivity index (χ1n) is 7.17. The first-order valence-corrected chi connectivity index (χ1v) is 7.17. The molecule has 3 rings (SSSR count). The van der Waals surface area contributed by atoms with Crippen LogP contribution in [0.25, 0.3) is 5.69 Å². The molecule has 1 aliphatic rings. The second kappa shape index (κ2) is 5.64. The molecule has 1 aromatic heterocycles. The molecule has 1 saturated heterocycles. The summed E-state index contributed by atoms with van der Waals surface area (Å²) in [5, 5.41) is 4.10. The molecule has 1 aromatic carbocycles. The van der Waals surface area contributed by atoms with E-state index in [0.717, 1.165) is 37.7 Å². The Bertz CT molecular complexity index is 642. The maximum atomic E-state index is 13.1. The summed E-state index contributed by atoms with van der Waals surface area (Å²) in [6.07, 6.45) is 0.598. The largest absolute Gasteiger partial charge is 0.418 e. The average molecular weight is 310 g/mol. The third-order valence-electron chi connectivity index (χ3n) is 3.93. The molecule has 0 atom stereocenters. The summed E-state index contributed by atoms with van der Waals surface area (Å²) < 4.78 is 40.5. The minimum atomic E-state index is -4.40. The quantitative estimate of drug-likeness (QED) is 0.928. The van der Waals surface area contributed by atoms with Gasteiger partial charge in [0, 0.05) is 19.1 Å². The maximum absolute atomic E-state index is 13.1. The van der Waals surface area contributed by atoms with Crippen LogP contribution in [0.5, 0.6) is 0 Å². The van der Waals surface area contributed by atoms with Crippen LogP contribution in [0, 0.1) is 0 Å². The predicted molar refractivity (Wildman–Crippen MR) is 78.0 cm³/mol. The standard InChI is InChI=1S/C15H17F3N4/c16-15(17,18)13-3-1-2-4-14(13)22-10-12(9-20-22)21-7-5-11(19)6-8-21/h1-4,9-11H,5-8,19H2. The molecule has 1 aliphatic heterocycles. The Balaban J connectivity index is 1.89. The lowest BCUT2D eigenvalue weighted by Crippen LogP contribution is -2.39. The van der Waals surface area contributed by atoms with Crippen LogP contribution in [0.1, 0.15) is 18.4 Å². The van der Waals surface area contributed by atoms with Crippen molar-refractivity contribution in [2.24, 2.45) is 5.73 Å². The smallest absolute Gasteiger partial charge is 0.369 e. The van der Waals surface area contributed by atoms with Crippen molar-refractivity contribution >= 4 is 5.69 Å². The van der Waals surface area contributed by atoms with Gasteiger partial charge in [-0.2, -0.15) is 18.3 Å². The van der Waals surface area contributed by atoms with E-state index in [1.165, 1.54) is 16.8 Å². The van der Waals surface area contributed by atoms with Gasteiger partial charge in [-0.25, -0.2) is 4.68 Å². The van der Waals surface area contributed by atoms with Gasteiger partial charge in [-0.05, 0) is 25.0 Å². The van der Waals surface area contributed by atoms with Crippen LogP contribution in [-0.4, -0.2) is 28.9 Å². The Labute approximate surface area is 126 Å². The fraction of sp³-hybridized carbons (Fsp3) is 0.400. The number of hydrogen-bond acceptors (Lipinski definition) is 3. The van der Waals surface area contributed by atoms with Crippen molar-refractivity contribution in [1.29, 1.82) is 0 Å². The molecule has 7 heteroatoms. The van der Waals surface area contributed by atoms with Crippen molar-refractivity contribution in [2.45, 2.75) is 25.1 Å². The fourth-order valence-electron chi connectivity index (χ4n) is 2.68. The van der Waals surface area contributed by atoms with E-state index >= 15 is 0 Å². The van der Waals surface area contributed by atoms with Crippen molar-refractivity contribution in [3.8, 4) is 5.69 Å². The number of anilines is 1. The molecular weight excluding hydrogens is 293 g/mol. The van der Waals surface area contributed by atoms with Gasteiger partial charge in [0.05, 0.1) is 29.3 Å². The first-order chi connectivity index (χ1) is 10.4. The molecule has 2 N–H and O–H groups in total. The molecule has 2 heterocycles. The Kier molecular flexibility index (Phi) is 3.82. The summed E-state index contributed by atoms with van der Waals surface area (Å²) >= 11 is 0. The molecule has 0 spiro atoms. The first kappa shape index (κ1) is 14.9.